The lowest BCUT2D eigenvalue weighted by Gasteiger charge is -2.32. The highest BCUT2D eigenvalue weighted by Gasteiger charge is 2.48. The number of fused-ring (bicyclic) bond motifs is 3. The lowest BCUT2D eigenvalue weighted by Crippen LogP contribution is -2.31. The van der Waals surface area contributed by atoms with Crippen molar-refractivity contribution in [3.8, 4) is 33.6 Å². The minimum Gasteiger partial charge on any atom is -0.251 e. The van der Waals surface area contributed by atoms with Crippen LogP contribution in [0.15, 0.2) is 133 Å². The fourth-order valence-corrected chi connectivity index (χ4v) is 6.81. The number of rotatable bonds is 4. The molecule has 2 nitrogen and oxygen atoms in total. The molecule has 0 saturated carbocycles. The molecular weight excluding hydrogens is 544 g/mol. The first-order valence-corrected chi connectivity index (χ1v) is 15.9. The minimum atomic E-state index is -0.671. The fourth-order valence-electron chi connectivity index (χ4n) is 6.81. The van der Waals surface area contributed by atoms with Crippen LogP contribution in [-0.2, 0) is 16.2 Å². The Kier molecular flexibility index (Phi) is 6.85. The molecule has 0 aliphatic heterocycles. The Morgan fingerprint density at radius 3 is 1.16 bits per heavy atom. The SMILES string of the molecule is CC(C)(C)c1ccc(-c2cccc(C3(c4cccc(-c5ccc(C(C)(C)C)cc5)n4)c4ccccc4-c4ccccc43)n2)cc1. The van der Waals surface area contributed by atoms with Gasteiger partial charge in [-0.15, -0.1) is 0 Å². The van der Waals surface area contributed by atoms with Crippen molar-refractivity contribution in [1.82, 2.24) is 9.97 Å². The summed E-state index contributed by atoms with van der Waals surface area (Å²) in [6.07, 6.45) is 0. The van der Waals surface area contributed by atoms with Crippen molar-refractivity contribution in [3.63, 3.8) is 0 Å². The Bertz CT molecular complexity index is 1850. The molecule has 0 saturated heterocycles. The Hall–Kier alpha value is -4.82. The van der Waals surface area contributed by atoms with E-state index in [2.05, 4.69) is 175 Å². The number of pyridine rings is 2. The van der Waals surface area contributed by atoms with E-state index in [-0.39, 0.29) is 10.8 Å². The topological polar surface area (TPSA) is 25.8 Å². The lowest BCUT2D eigenvalue weighted by atomic mass is 9.72. The first-order valence-electron chi connectivity index (χ1n) is 15.9. The maximum Gasteiger partial charge on any atom is 0.106 e. The highest BCUT2D eigenvalue weighted by molar-refractivity contribution is 5.85. The van der Waals surface area contributed by atoms with Crippen molar-refractivity contribution >= 4 is 0 Å². The molecule has 7 rings (SSSR count). The largest absolute Gasteiger partial charge is 0.251 e. The molecule has 4 aromatic carbocycles. The van der Waals surface area contributed by atoms with Crippen LogP contribution in [0.2, 0.25) is 0 Å². The van der Waals surface area contributed by atoms with Crippen LogP contribution in [0.5, 0.6) is 0 Å². The van der Waals surface area contributed by atoms with Crippen molar-refractivity contribution in [2.24, 2.45) is 0 Å². The molecule has 1 aliphatic rings. The van der Waals surface area contributed by atoms with Gasteiger partial charge in [0.05, 0.1) is 22.8 Å². The summed E-state index contributed by atoms with van der Waals surface area (Å²) in [6.45, 7) is 13.5. The quantitative estimate of drug-likeness (QED) is 0.206. The van der Waals surface area contributed by atoms with Gasteiger partial charge in [-0.05, 0) is 68.5 Å². The Morgan fingerprint density at radius 1 is 0.400 bits per heavy atom. The predicted molar refractivity (Wildman–Crippen MR) is 188 cm³/mol. The average Bonchev–Trinajstić information content (AvgIpc) is 3.35. The Labute approximate surface area is 267 Å². The molecule has 2 heteroatoms. The molecule has 1 aliphatic carbocycles. The third-order valence-corrected chi connectivity index (χ3v) is 9.31. The Morgan fingerprint density at radius 2 is 0.778 bits per heavy atom. The zero-order valence-corrected chi connectivity index (χ0v) is 27.1. The third-order valence-electron chi connectivity index (χ3n) is 9.31. The molecule has 45 heavy (non-hydrogen) atoms. The molecule has 0 amide bonds. The second-order valence-corrected chi connectivity index (χ2v) is 14.3. The van der Waals surface area contributed by atoms with Crippen LogP contribution in [0, 0.1) is 0 Å². The van der Waals surface area contributed by atoms with Crippen LogP contribution < -0.4 is 0 Å². The first kappa shape index (κ1) is 28.9. The monoisotopic (exact) mass is 584 g/mol. The zero-order chi connectivity index (χ0) is 31.4. The summed E-state index contributed by atoms with van der Waals surface area (Å²) in [5.74, 6) is 0. The van der Waals surface area contributed by atoms with Crippen molar-refractivity contribution in [1.29, 1.82) is 0 Å². The number of hydrogen-bond acceptors (Lipinski definition) is 2. The molecule has 2 heterocycles. The third kappa shape index (κ3) is 4.90. The summed E-state index contributed by atoms with van der Waals surface area (Å²) < 4.78 is 0. The summed E-state index contributed by atoms with van der Waals surface area (Å²) in [5, 5.41) is 0. The van der Waals surface area contributed by atoms with Gasteiger partial charge < -0.3 is 0 Å². The molecule has 0 bridgehead atoms. The average molecular weight is 585 g/mol. The maximum atomic E-state index is 5.46. The van der Waals surface area contributed by atoms with Gasteiger partial charge in [-0.25, -0.2) is 0 Å². The number of hydrogen-bond donors (Lipinski definition) is 0. The maximum absolute atomic E-state index is 5.46. The van der Waals surface area contributed by atoms with E-state index in [9.17, 15) is 0 Å². The molecule has 222 valence electrons. The molecule has 0 radical (unpaired) electrons. The van der Waals surface area contributed by atoms with Crippen LogP contribution >= 0.6 is 0 Å². The van der Waals surface area contributed by atoms with Gasteiger partial charge in [-0.1, -0.05) is 151 Å². The summed E-state index contributed by atoms with van der Waals surface area (Å²) in [5.41, 5.74) is 13.1. The van der Waals surface area contributed by atoms with Crippen LogP contribution in [0.25, 0.3) is 33.6 Å². The molecule has 6 aromatic rings. The molecule has 0 unspecified atom stereocenters. The molecule has 0 N–H and O–H groups in total. The van der Waals surface area contributed by atoms with Crippen LogP contribution in [0.4, 0.5) is 0 Å². The van der Waals surface area contributed by atoms with Gasteiger partial charge in [0, 0.05) is 11.1 Å². The molecule has 0 fully saturated rings. The van der Waals surface area contributed by atoms with Gasteiger partial charge in [0.1, 0.15) is 5.41 Å². The molecular formula is C43H40N2. The van der Waals surface area contributed by atoms with Gasteiger partial charge >= 0.3 is 0 Å². The van der Waals surface area contributed by atoms with E-state index in [1.165, 1.54) is 33.4 Å². The van der Waals surface area contributed by atoms with Gasteiger partial charge in [0.2, 0.25) is 0 Å². The summed E-state index contributed by atoms with van der Waals surface area (Å²) >= 11 is 0. The van der Waals surface area contributed by atoms with Gasteiger partial charge in [0.25, 0.3) is 0 Å². The van der Waals surface area contributed by atoms with E-state index in [1.54, 1.807) is 0 Å². The van der Waals surface area contributed by atoms with Crippen LogP contribution in [0.1, 0.15) is 75.2 Å². The fraction of sp³-hybridized carbons (Fsp3) is 0.209. The number of aromatic nitrogens is 2. The van der Waals surface area contributed by atoms with E-state index in [0.29, 0.717) is 0 Å². The minimum absolute atomic E-state index is 0.0961. The van der Waals surface area contributed by atoms with Crippen molar-refractivity contribution in [2.45, 2.75) is 57.8 Å². The summed E-state index contributed by atoms with van der Waals surface area (Å²) in [4.78, 5) is 10.9. The van der Waals surface area contributed by atoms with E-state index in [0.717, 1.165) is 33.9 Å². The second kappa shape index (κ2) is 10.7. The van der Waals surface area contributed by atoms with Crippen molar-refractivity contribution in [3.05, 3.63) is 167 Å². The first-order chi connectivity index (χ1) is 21.6. The molecule has 0 atom stereocenters. The molecule has 0 spiro atoms. The van der Waals surface area contributed by atoms with Crippen molar-refractivity contribution < 1.29 is 0 Å². The standard InChI is InChI=1S/C43H40N2/c1-41(2,3)31-25-21-29(22-26-31)37-17-11-19-39(44-37)43(35-15-9-7-13-33(35)34-14-8-10-16-36(34)43)40-20-12-18-38(45-40)30-23-27-32(28-24-30)42(4,5)6/h7-28H,1-6H3. The van der Waals surface area contributed by atoms with E-state index < -0.39 is 5.41 Å². The highest BCUT2D eigenvalue weighted by Crippen LogP contribution is 2.55. The Balaban J connectivity index is 1.45. The highest BCUT2D eigenvalue weighted by atomic mass is 14.8. The second-order valence-electron chi connectivity index (χ2n) is 14.3. The van der Waals surface area contributed by atoms with E-state index in [4.69, 9.17) is 9.97 Å². The zero-order valence-electron chi connectivity index (χ0n) is 27.1. The summed E-state index contributed by atoms with van der Waals surface area (Å²) in [7, 11) is 0. The lowest BCUT2D eigenvalue weighted by molar-refractivity contribution is 0.590. The van der Waals surface area contributed by atoms with E-state index in [1.807, 2.05) is 0 Å². The predicted octanol–water partition coefficient (Wildman–Crippen LogP) is 10.8. The van der Waals surface area contributed by atoms with Gasteiger partial charge in [-0.3, -0.25) is 9.97 Å². The molecule has 2 aromatic heterocycles. The smallest absolute Gasteiger partial charge is 0.106 e. The number of nitrogens with zero attached hydrogens (tertiary/aromatic N) is 2. The van der Waals surface area contributed by atoms with Crippen LogP contribution in [0.3, 0.4) is 0 Å². The summed E-state index contributed by atoms with van der Waals surface area (Å²) in [6, 6.07) is 48.2. The number of benzene rings is 4. The van der Waals surface area contributed by atoms with E-state index >= 15 is 0 Å². The van der Waals surface area contributed by atoms with Crippen LogP contribution in [-0.4, -0.2) is 9.97 Å². The van der Waals surface area contributed by atoms with Crippen molar-refractivity contribution in [2.75, 3.05) is 0 Å². The van der Waals surface area contributed by atoms with Gasteiger partial charge in [0.15, 0.2) is 0 Å². The van der Waals surface area contributed by atoms with Gasteiger partial charge in [-0.2, -0.15) is 0 Å². The normalized spacial score (nSPS) is 13.7.